The summed E-state index contributed by atoms with van der Waals surface area (Å²) in [6.45, 7) is 5.05. The number of rotatable bonds is 8. The third-order valence-corrected chi connectivity index (χ3v) is 4.30. The van der Waals surface area contributed by atoms with Crippen LogP contribution in [0.5, 0.6) is 11.5 Å². The van der Waals surface area contributed by atoms with Crippen molar-refractivity contribution in [2.75, 3.05) is 19.1 Å². The van der Waals surface area contributed by atoms with Crippen molar-refractivity contribution >= 4 is 22.7 Å². The highest BCUT2D eigenvalue weighted by Gasteiger charge is 2.05. The van der Waals surface area contributed by atoms with Gasteiger partial charge in [0.15, 0.2) is 11.5 Å². The van der Waals surface area contributed by atoms with Crippen molar-refractivity contribution in [1.29, 1.82) is 0 Å². The molecule has 0 saturated carbocycles. The number of fused-ring (bicyclic) bond motifs is 1. The number of methoxy groups -OCH3 is 1. The van der Waals surface area contributed by atoms with Crippen LogP contribution in [0.4, 0.5) is 5.69 Å². The Kier molecular flexibility index (Phi) is 6.31. The van der Waals surface area contributed by atoms with Crippen LogP contribution in [-0.2, 0) is 0 Å². The summed E-state index contributed by atoms with van der Waals surface area (Å²) in [5.41, 5.74) is 4.97. The Morgan fingerprint density at radius 1 is 0.963 bits per heavy atom. The maximum Gasteiger partial charge on any atom is 0.161 e. The quantitative estimate of drug-likeness (QED) is 0.412. The molecule has 0 spiro atoms. The van der Waals surface area contributed by atoms with Gasteiger partial charge >= 0.3 is 0 Å². The van der Waals surface area contributed by atoms with E-state index in [1.165, 1.54) is 10.8 Å². The predicted octanol–water partition coefficient (Wildman–Crippen LogP) is 5.72. The number of ether oxygens (including phenoxy) is 2. The topological polar surface area (TPSA) is 42.8 Å². The fourth-order valence-electron chi connectivity index (χ4n) is 2.73. The number of benzene rings is 3. The standard InChI is InChI=1S/C23H26N2O2/c1-17(2)12-13-27-22-11-8-18(14-23(22)26-3)16-24-25-21-10-9-19-6-4-5-7-20(19)15-21/h4-11,14-17,25H,12-13H2,1-3H3. The van der Waals surface area contributed by atoms with Crippen molar-refractivity contribution in [3.63, 3.8) is 0 Å². The van der Waals surface area contributed by atoms with Crippen LogP contribution in [0.15, 0.2) is 65.8 Å². The molecule has 0 aromatic heterocycles. The fourth-order valence-corrected chi connectivity index (χ4v) is 2.73. The SMILES string of the molecule is COc1cc(C=NNc2ccc3ccccc3c2)ccc1OCCC(C)C. The number of hydrogen-bond donors (Lipinski definition) is 1. The van der Waals surface area contributed by atoms with Crippen LogP contribution < -0.4 is 14.9 Å². The van der Waals surface area contributed by atoms with Crippen LogP contribution in [0.25, 0.3) is 10.8 Å². The lowest BCUT2D eigenvalue weighted by Crippen LogP contribution is -2.03. The molecule has 0 aliphatic rings. The lowest BCUT2D eigenvalue weighted by molar-refractivity contribution is 0.273. The fraction of sp³-hybridized carbons (Fsp3) is 0.261. The average Bonchev–Trinajstić information content (AvgIpc) is 2.68. The summed E-state index contributed by atoms with van der Waals surface area (Å²) >= 11 is 0. The van der Waals surface area contributed by atoms with E-state index in [9.17, 15) is 0 Å². The second-order valence-corrected chi connectivity index (χ2v) is 6.87. The summed E-state index contributed by atoms with van der Waals surface area (Å²) in [4.78, 5) is 0. The Bertz CT molecular complexity index is 919. The molecule has 0 fully saturated rings. The molecule has 0 unspecified atom stereocenters. The van der Waals surface area contributed by atoms with Gasteiger partial charge in [-0.05, 0) is 59.0 Å². The number of hydrazone groups is 1. The molecule has 27 heavy (non-hydrogen) atoms. The summed E-state index contributed by atoms with van der Waals surface area (Å²) in [5, 5.41) is 6.73. The van der Waals surface area contributed by atoms with E-state index in [0.29, 0.717) is 18.3 Å². The molecule has 0 heterocycles. The van der Waals surface area contributed by atoms with E-state index in [1.807, 2.05) is 36.4 Å². The first-order valence-corrected chi connectivity index (χ1v) is 9.24. The minimum Gasteiger partial charge on any atom is -0.493 e. The predicted molar refractivity (Wildman–Crippen MR) is 113 cm³/mol. The van der Waals surface area contributed by atoms with Gasteiger partial charge in [-0.25, -0.2) is 0 Å². The summed E-state index contributed by atoms with van der Waals surface area (Å²) in [6.07, 6.45) is 2.79. The van der Waals surface area contributed by atoms with Crippen molar-refractivity contribution in [1.82, 2.24) is 0 Å². The van der Waals surface area contributed by atoms with Crippen molar-refractivity contribution in [2.45, 2.75) is 20.3 Å². The highest BCUT2D eigenvalue weighted by molar-refractivity contribution is 5.86. The maximum absolute atomic E-state index is 5.82. The zero-order valence-corrected chi connectivity index (χ0v) is 16.1. The Labute approximate surface area is 160 Å². The van der Waals surface area contributed by atoms with Crippen LogP contribution in [0.2, 0.25) is 0 Å². The minimum absolute atomic E-state index is 0.614. The Hall–Kier alpha value is -3.01. The number of nitrogens with zero attached hydrogens (tertiary/aromatic N) is 1. The Balaban J connectivity index is 1.65. The lowest BCUT2D eigenvalue weighted by atomic mass is 10.1. The number of nitrogens with one attached hydrogen (secondary N) is 1. The van der Waals surface area contributed by atoms with E-state index >= 15 is 0 Å². The first-order valence-electron chi connectivity index (χ1n) is 9.24. The van der Waals surface area contributed by atoms with Gasteiger partial charge in [0.25, 0.3) is 0 Å². The molecule has 0 bridgehead atoms. The zero-order chi connectivity index (χ0) is 19.1. The molecule has 140 valence electrons. The third-order valence-electron chi connectivity index (χ3n) is 4.30. The van der Waals surface area contributed by atoms with E-state index in [-0.39, 0.29) is 0 Å². The highest BCUT2D eigenvalue weighted by Crippen LogP contribution is 2.28. The summed E-state index contributed by atoms with van der Waals surface area (Å²) < 4.78 is 11.3. The van der Waals surface area contributed by atoms with Gasteiger partial charge in [-0.1, -0.05) is 44.2 Å². The van der Waals surface area contributed by atoms with E-state index in [0.717, 1.165) is 23.4 Å². The van der Waals surface area contributed by atoms with Gasteiger partial charge in [-0.2, -0.15) is 5.10 Å². The molecule has 4 nitrogen and oxygen atoms in total. The van der Waals surface area contributed by atoms with E-state index in [1.54, 1.807) is 13.3 Å². The molecule has 0 amide bonds. The van der Waals surface area contributed by atoms with Gasteiger partial charge in [0.2, 0.25) is 0 Å². The van der Waals surface area contributed by atoms with Gasteiger partial charge in [-0.3, -0.25) is 5.43 Å². The monoisotopic (exact) mass is 362 g/mol. The molecule has 0 radical (unpaired) electrons. The summed E-state index contributed by atoms with van der Waals surface area (Å²) in [6, 6.07) is 20.3. The third kappa shape index (κ3) is 5.23. The molecule has 0 atom stereocenters. The van der Waals surface area contributed by atoms with Crippen molar-refractivity contribution in [2.24, 2.45) is 11.0 Å². The van der Waals surface area contributed by atoms with Gasteiger partial charge < -0.3 is 9.47 Å². The van der Waals surface area contributed by atoms with Gasteiger partial charge in [-0.15, -0.1) is 0 Å². The summed E-state index contributed by atoms with van der Waals surface area (Å²) in [5.74, 6) is 2.09. The summed E-state index contributed by atoms with van der Waals surface area (Å²) in [7, 11) is 1.65. The first-order chi connectivity index (χ1) is 13.2. The average molecular weight is 362 g/mol. The highest BCUT2D eigenvalue weighted by atomic mass is 16.5. The van der Waals surface area contributed by atoms with E-state index in [2.05, 4.69) is 48.6 Å². The molecule has 4 heteroatoms. The van der Waals surface area contributed by atoms with E-state index in [4.69, 9.17) is 9.47 Å². The largest absolute Gasteiger partial charge is 0.493 e. The van der Waals surface area contributed by atoms with Crippen LogP contribution in [0.3, 0.4) is 0 Å². The van der Waals surface area contributed by atoms with Crippen LogP contribution >= 0.6 is 0 Å². The second kappa shape index (κ2) is 9.08. The van der Waals surface area contributed by atoms with Crippen LogP contribution in [0, 0.1) is 5.92 Å². The van der Waals surface area contributed by atoms with Gasteiger partial charge in [0.05, 0.1) is 25.6 Å². The molecule has 3 aromatic rings. The molecular weight excluding hydrogens is 336 g/mol. The van der Waals surface area contributed by atoms with Gasteiger partial charge in [0.1, 0.15) is 0 Å². The maximum atomic E-state index is 5.82. The number of hydrogen-bond acceptors (Lipinski definition) is 4. The Morgan fingerprint density at radius 3 is 2.56 bits per heavy atom. The lowest BCUT2D eigenvalue weighted by Gasteiger charge is -2.12. The van der Waals surface area contributed by atoms with Crippen molar-refractivity contribution in [3.8, 4) is 11.5 Å². The smallest absolute Gasteiger partial charge is 0.161 e. The molecule has 1 N–H and O–H groups in total. The normalized spacial score (nSPS) is 11.3. The Morgan fingerprint density at radius 2 is 1.78 bits per heavy atom. The zero-order valence-electron chi connectivity index (χ0n) is 16.1. The van der Waals surface area contributed by atoms with Crippen molar-refractivity contribution in [3.05, 3.63) is 66.2 Å². The molecule has 3 rings (SSSR count). The second-order valence-electron chi connectivity index (χ2n) is 6.87. The van der Waals surface area contributed by atoms with E-state index < -0.39 is 0 Å². The van der Waals surface area contributed by atoms with Crippen LogP contribution in [-0.4, -0.2) is 19.9 Å². The van der Waals surface area contributed by atoms with Crippen LogP contribution in [0.1, 0.15) is 25.8 Å². The number of anilines is 1. The van der Waals surface area contributed by atoms with Crippen molar-refractivity contribution < 1.29 is 9.47 Å². The minimum atomic E-state index is 0.614. The molecular formula is C23H26N2O2. The molecule has 3 aromatic carbocycles. The van der Waals surface area contributed by atoms with Gasteiger partial charge in [0, 0.05) is 0 Å². The first kappa shape index (κ1) is 18.8. The molecule has 0 aliphatic heterocycles. The molecule has 0 saturated heterocycles. The molecule has 0 aliphatic carbocycles.